The van der Waals surface area contributed by atoms with Crippen molar-refractivity contribution in [3.8, 4) is 0 Å². The average Bonchev–Trinajstić information content (AvgIpc) is 2.37. The number of carbonyl (C=O) groups is 1. The van der Waals surface area contributed by atoms with Crippen LogP contribution in [-0.4, -0.2) is 25.5 Å². The third-order valence-corrected chi connectivity index (χ3v) is 5.19. The van der Waals surface area contributed by atoms with E-state index in [1.54, 1.807) is 6.92 Å². The van der Waals surface area contributed by atoms with Crippen LogP contribution >= 0.6 is 11.6 Å². The van der Waals surface area contributed by atoms with Crippen molar-refractivity contribution >= 4 is 27.6 Å². The number of hydrogen-bond donors (Lipinski definition) is 2. The van der Waals surface area contributed by atoms with Gasteiger partial charge in [0, 0.05) is 6.04 Å². The van der Waals surface area contributed by atoms with Gasteiger partial charge >= 0.3 is 5.97 Å². The smallest absolute Gasteiger partial charge is 0.337 e. The zero-order chi connectivity index (χ0) is 16.2. The van der Waals surface area contributed by atoms with E-state index in [1.165, 1.54) is 12.1 Å². The van der Waals surface area contributed by atoms with Gasteiger partial charge < -0.3 is 5.11 Å². The quantitative estimate of drug-likeness (QED) is 0.803. The predicted molar refractivity (Wildman–Crippen MR) is 82.3 cm³/mol. The highest BCUT2D eigenvalue weighted by Gasteiger charge is 2.20. The molecule has 0 aliphatic rings. The molecule has 0 saturated carbocycles. The van der Waals surface area contributed by atoms with Crippen molar-refractivity contribution in [2.45, 2.75) is 44.6 Å². The number of carboxylic acid groups (broad SMARTS) is 1. The van der Waals surface area contributed by atoms with Crippen molar-refractivity contribution < 1.29 is 18.3 Å². The lowest BCUT2D eigenvalue weighted by atomic mass is 10.0. The third-order valence-electron chi connectivity index (χ3n) is 3.29. The standard InChI is InChI=1S/C14H20ClNO4S/c1-4-9(2)7-10(3)16-21(19,20)11-5-6-12(14(17)18)13(15)8-11/h5-6,8-10,16H,4,7H2,1-3H3,(H,17,18). The van der Waals surface area contributed by atoms with Gasteiger partial charge in [-0.1, -0.05) is 31.9 Å². The number of halogens is 1. The van der Waals surface area contributed by atoms with Crippen LogP contribution in [0.2, 0.25) is 5.02 Å². The van der Waals surface area contributed by atoms with Gasteiger partial charge in [0.05, 0.1) is 15.5 Å². The summed E-state index contributed by atoms with van der Waals surface area (Å²) < 4.78 is 27.0. The number of benzene rings is 1. The second-order valence-corrected chi connectivity index (χ2v) is 7.34. The second kappa shape index (κ2) is 7.24. The molecule has 0 radical (unpaired) electrons. The summed E-state index contributed by atoms with van der Waals surface area (Å²) in [4.78, 5) is 10.8. The maximum absolute atomic E-state index is 12.2. The van der Waals surface area contributed by atoms with Crippen molar-refractivity contribution in [2.24, 2.45) is 5.92 Å². The zero-order valence-electron chi connectivity index (χ0n) is 12.3. The molecule has 118 valence electrons. The van der Waals surface area contributed by atoms with Gasteiger partial charge in [0.2, 0.25) is 10.0 Å². The van der Waals surface area contributed by atoms with E-state index in [0.29, 0.717) is 5.92 Å². The van der Waals surface area contributed by atoms with E-state index in [-0.39, 0.29) is 21.5 Å². The lowest BCUT2D eigenvalue weighted by Crippen LogP contribution is -2.33. The van der Waals surface area contributed by atoms with E-state index in [2.05, 4.69) is 18.6 Å². The van der Waals surface area contributed by atoms with Crippen molar-refractivity contribution in [2.75, 3.05) is 0 Å². The molecule has 21 heavy (non-hydrogen) atoms. The molecule has 1 aromatic rings. The largest absolute Gasteiger partial charge is 0.478 e. The fourth-order valence-electron chi connectivity index (χ4n) is 1.99. The Morgan fingerprint density at radius 3 is 2.48 bits per heavy atom. The van der Waals surface area contributed by atoms with E-state index in [1.807, 2.05) is 0 Å². The summed E-state index contributed by atoms with van der Waals surface area (Å²) >= 11 is 5.80. The summed E-state index contributed by atoms with van der Waals surface area (Å²) in [7, 11) is -3.71. The van der Waals surface area contributed by atoms with E-state index in [0.717, 1.165) is 18.9 Å². The first kappa shape index (κ1) is 17.9. The lowest BCUT2D eigenvalue weighted by molar-refractivity contribution is 0.0697. The number of sulfonamides is 1. The number of carboxylic acids is 1. The summed E-state index contributed by atoms with van der Waals surface area (Å²) in [6.07, 6.45) is 1.71. The van der Waals surface area contributed by atoms with Gasteiger partial charge in [-0.2, -0.15) is 0 Å². The van der Waals surface area contributed by atoms with Crippen LogP contribution in [-0.2, 0) is 10.0 Å². The Balaban J connectivity index is 2.93. The van der Waals surface area contributed by atoms with Crippen LogP contribution in [0.3, 0.4) is 0 Å². The first-order valence-corrected chi connectivity index (χ1v) is 8.58. The molecule has 2 N–H and O–H groups in total. The molecular formula is C14H20ClNO4S. The highest BCUT2D eigenvalue weighted by molar-refractivity contribution is 7.89. The Morgan fingerprint density at radius 2 is 2.00 bits per heavy atom. The summed E-state index contributed by atoms with van der Waals surface area (Å²) in [5.41, 5.74) is -0.122. The van der Waals surface area contributed by atoms with E-state index in [4.69, 9.17) is 16.7 Å². The zero-order valence-corrected chi connectivity index (χ0v) is 13.8. The SMILES string of the molecule is CCC(C)CC(C)NS(=O)(=O)c1ccc(C(=O)O)c(Cl)c1. The summed E-state index contributed by atoms with van der Waals surface area (Å²) in [6.45, 7) is 5.91. The topological polar surface area (TPSA) is 83.5 Å². The van der Waals surface area contributed by atoms with E-state index < -0.39 is 16.0 Å². The second-order valence-electron chi connectivity index (χ2n) is 5.22. The Hall–Kier alpha value is -1.11. The molecule has 2 atom stereocenters. The van der Waals surface area contributed by atoms with Crippen LogP contribution in [0.25, 0.3) is 0 Å². The molecule has 1 rings (SSSR count). The third kappa shape index (κ3) is 4.98. The minimum atomic E-state index is -3.71. The average molecular weight is 334 g/mol. The van der Waals surface area contributed by atoms with Crippen LogP contribution in [0.15, 0.2) is 23.1 Å². The molecule has 0 spiro atoms. The fraction of sp³-hybridized carbons (Fsp3) is 0.500. The molecule has 0 aliphatic heterocycles. The van der Waals surface area contributed by atoms with Crippen molar-refractivity contribution in [3.05, 3.63) is 28.8 Å². The van der Waals surface area contributed by atoms with Gasteiger partial charge in [0.25, 0.3) is 0 Å². The van der Waals surface area contributed by atoms with Crippen molar-refractivity contribution in [3.63, 3.8) is 0 Å². The maximum atomic E-state index is 12.2. The monoisotopic (exact) mass is 333 g/mol. The number of aromatic carboxylic acids is 1. The summed E-state index contributed by atoms with van der Waals surface area (Å²) in [6, 6.07) is 3.39. The molecule has 7 heteroatoms. The highest BCUT2D eigenvalue weighted by Crippen LogP contribution is 2.21. The van der Waals surface area contributed by atoms with Gasteiger partial charge in [-0.25, -0.2) is 17.9 Å². The number of hydrogen-bond acceptors (Lipinski definition) is 3. The predicted octanol–water partition coefficient (Wildman–Crippen LogP) is 3.14. The van der Waals surface area contributed by atoms with E-state index in [9.17, 15) is 13.2 Å². The lowest BCUT2D eigenvalue weighted by Gasteiger charge is -2.17. The van der Waals surface area contributed by atoms with Crippen molar-refractivity contribution in [1.82, 2.24) is 4.72 Å². The summed E-state index contributed by atoms with van der Waals surface area (Å²) in [5, 5.41) is 8.78. The first-order chi connectivity index (χ1) is 9.67. The van der Waals surface area contributed by atoms with Gasteiger partial charge in [-0.05, 0) is 37.5 Å². The maximum Gasteiger partial charge on any atom is 0.337 e. The number of rotatable bonds is 7. The normalized spacial score (nSPS) is 14.7. The molecule has 0 fully saturated rings. The van der Waals surface area contributed by atoms with Gasteiger partial charge in [-0.15, -0.1) is 0 Å². The molecule has 0 aliphatic carbocycles. The molecular weight excluding hydrogens is 314 g/mol. The van der Waals surface area contributed by atoms with Gasteiger partial charge in [0.1, 0.15) is 0 Å². The molecule has 0 bridgehead atoms. The van der Waals surface area contributed by atoms with Gasteiger partial charge in [-0.3, -0.25) is 0 Å². The summed E-state index contributed by atoms with van der Waals surface area (Å²) in [5.74, 6) is -0.775. The highest BCUT2D eigenvalue weighted by atomic mass is 35.5. The molecule has 2 unspecified atom stereocenters. The Morgan fingerprint density at radius 1 is 1.38 bits per heavy atom. The molecule has 0 amide bonds. The Kier molecular flexibility index (Phi) is 6.19. The minimum absolute atomic E-state index is 0.0338. The van der Waals surface area contributed by atoms with Crippen LogP contribution in [0.4, 0.5) is 0 Å². The fourth-order valence-corrected chi connectivity index (χ4v) is 3.60. The Bertz CT molecular complexity index is 615. The van der Waals surface area contributed by atoms with Crippen LogP contribution in [0.1, 0.15) is 44.0 Å². The van der Waals surface area contributed by atoms with Crippen LogP contribution < -0.4 is 4.72 Å². The Labute approximate surface area is 130 Å². The van der Waals surface area contributed by atoms with Crippen molar-refractivity contribution in [1.29, 1.82) is 0 Å². The van der Waals surface area contributed by atoms with Gasteiger partial charge in [0.15, 0.2) is 0 Å². The van der Waals surface area contributed by atoms with Crippen LogP contribution in [0, 0.1) is 5.92 Å². The van der Waals surface area contributed by atoms with E-state index >= 15 is 0 Å². The first-order valence-electron chi connectivity index (χ1n) is 6.72. The molecule has 1 aromatic carbocycles. The molecule has 5 nitrogen and oxygen atoms in total. The molecule has 0 saturated heterocycles. The molecule has 0 heterocycles. The minimum Gasteiger partial charge on any atom is -0.478 e. The van der Waals surface area contributed by atoms with Crippen LogP contribution in [0.5, 0.6) is 0 Å². The molecule has 0 aromatic heterocycles. The number of nitrogens with one attached hydrogen (secondary N) is 1.